The van der Waals surface area contributed by atoms with Gasteiger partial charge in [-0.25, -0.2) is 4.98 Å². The minimum atomic E-state index is -0.480. The van der Waals surface area contributed by atoms with Crippen LogP contribution in [0.2, 0.25) is 0 Å². The summed E-state index contributed by atoms with van der Waals surface area (Å²) in [4.78, 5) is 15.2. The van der Waals surface area contributed by atoms with E-state index in [9.17, 15) is 4.79 Å². The van der Waals surface area contributed by atoms with Crippen molar-refractivity contribution in [3.05, 3.63) is 15.6 Å². The van der Waals surface area contributed by atoms with Gasteiger partial charge in [-0.3, -0.25) is 4.79 Å². The fourth-order valence-electron chi connectivity index (χ4n) is 0.714. The van der Waals surface area contributed by atoms with E-state index in [1.165, 1.54) is 11.3 Å². The Labute approximate surface area is 78.2 Å². The Morgan fingerprint density at radius 1 is 1.73 bits per heavy atom. The molecular weight excluding hydrogens is 205 g/mol. The molecule has 0 aliphatic carbocycles. The third kappa shape index (κ3) is 1.92. The predicted octanol–water partition coefficient (Wildman–Crippen LogP) is 2.57. The lowest BCUT2D eigenvalue weighted by Crippen LogP contribution is -1.89. The summed E-state index contributed by atoms with van der Waals surface area (Å²) < 4.78 is 0. The smallest absolute Gasteiger partial charge is 0.264 e. The van der Waals surface area contributed by atoms with Crippen LogP contribution in [-0.2, 0) is 5.88 Å². The molecule has 0 bridgehead atoms. The fraction of sp³-hybridized carbons (Fsp3) is 0.333. The van der Waals surface area contributed by atoms with Crippen molar-refractivity contribution in [2.45, 2.75) is 12.8 Å². The van der Waals surface area contributed by atoms with Crippen LogP contribution < -0.4 is 0 Å². The zero-order valence-electron chi connectivity index (χ0n) is 5.73. The first kappa shape index (κ1) is 8.97. The molecule has 0 saturated heterocycles. The second-order valence-corrected chi connectivity index (χ2v) is 3.73. The number of carbonyl (C=O) groups is 1. The lowest BCUT2D eigenvalue weighted by atomic mass is 10.4. The molecule has 0 atom stereocenters. The lowest BCUT2D eigenvalue weighted by Gasteiger charge is -1.87. The van der Waals surface area contributed by atoms with Crippen LogP contribution in [-0.4, -0.2) is 10.2 Å². The molecule has 0 aliphatic heterocycles. The van der Waals surface area contributed by atoms with Crippen molar-refractivity contribution in [1.29, 1.82) is 0 Å². The first-order valence-electron chi connectivity index (χ1n) is 2.87. The van der Waals surface area contributed by atoms with Gasteiger partial charge in [0.2, 0.25) is 0 Å². The van der Waals surface area contributed by atoms with Crippen molar-refractivity contribution in [2.75, 3.05) is 0 Å². The normalized spacial score (nSPS) is 10.1. The van der Waals surface area contributed by atoms with Crippen LogP contribution in [0, 0.1) is 6.92 Å². The molecule has 1 heterocycles. The van der Waals surface area contributed by atoms with E-state index >= 15 is 0 Å². The summed E-state index contributed by atoms with van der Waals surface area (Å²) in [5.41, 5.74) is 0.578. The molecule has 5 heteroatoms. The van der Waals surface area contributed by atoms with Crippen molar-refractivity contribution in [1.82, 2.24) is 4.98 Å². The third-order valence-corrected chi connectivity index (χ3v) is 2.68. The van der Waals surface area contributed by atoms with Gasteiger partial charge in [0.15, 0.2) is 0 Å². The molecule has 0 amide bonds. The molecule has 1 aromatic rings. The summed E-state index contributed by atoms with van der Waals surface area (Å²) in [6.07, 6.45) is 0. The van der Waals surface area contributed by atoms with Crippen molar-refractivity contribution in [2.24, 2.45) is 0 Å². The standard InChI is InChI=1S/C6H5Cl2NOS/c1-3-9-4(2-7)5(11-3)6(8)10/h2H2,1H3. The number of hydrogen-bond donors (Lipinski definition) is 0. The minimum Gasteiger partial charge on any atom is -0.275 e. The van der Waals surface area contributed by atoms with E-state index in [-0.39, 0.29) is 5.88 Å². The summed E-state index contributed by atoms with van der Waals surface area (Å²) in [5.74, 6) is 0.234. The van der Waals surface area contributed by atoms with Crippen LogP contribution in [0.4, 0.5) is 0 Å². The first-order valence-corrected chi connectivity index (χ1v) is 4.60. The quantitative estimate of drug-likeness (QED) is 0.554. The fourth-order valence-corrected chi connectivity index (χ4v) is 1.98. The first-order chi connectivity index (χ1) is 5.15. The molecule has 0 spiro atoms. The maximum absolute atomic E-state index is 10.7. The van der Waals surface area contributed by atoms with E-state index in [1.807, 2.05) is 6.92 Å². The summed E-state index contributed by atoms with van der Waals surface area (Å²) in [5, 5.41) is 0.330. The van der Waals surface area contributed by atoms with E-state index in [1.54, 1.807) is 0 Å². The minimum absolute atomic E-state index is 0.234. The van der Waals surface area contributed by atoms with E-state index in [0.29, 0.717) is 10.6 Å². The third-order valence-electron chi connectivity index (χ3n) is 1.11. The second-order valence-electron chi connectivity index (χ2n) is 1.92. The van der Waals surface area contributed by atoms with Crippen molar-refractivity contribution >= 4 is 39.8 Å². The average molecular weight is 210 g/mol. The molecule has 2 nitrogen and oxygen atoms in total. The van der Waals surface area contributed by atoms with Crippen LogP contribution in [0.25, 0.3) is 0 Å². The topological polar surface area (TPSA) is 30.0 Å². The highest BCUT2D eigenvalue weighted by atomic mass is 35.5. The van der Waals surface area contributed by atoms with Crippen LogP contribution in [0.3, 0.4) is 0 Å². The van der Waals surface area contributed by atoms with Gasteiger partial charge in [0.25, 0.3) is 5.24 Å². The van der Waals surface area contributed by atoms with Gasteiger partial charge in [0.1, 0.15) is 4.88 Å². The summed E-state index contributed by atoms with van der Waals surface area (Å²) in [6.45, 7) is 1.81. The molecule has 11 heavy (non-hydrogen) atoms. The number of alkyl halides is 1. The Morgan fingerprint density at radius 3 is 2.73 bits per heavy atom. The SMILES string of the molecule is Cc1nc(CCl)c(C(=O)Cl)s1. The summed E-state index contributed by atoms with van der Waals surface area (Å²) in [6, 6.07) is 0. The Hall–Kier alpha value is -0.120. The van der Waals surface area contributed by atoms with Gasteiger partial charge in [-0.05, 0) is 18.5 Å². The number of halogens is 2. The van der Waals surface area contributed by atoms with Gasteiger partial charge in [-0.2, -0.15) is 0 Å². The molecule has 0 N–H and O–H groups in total. The molecule has 0 radical (unpaired) electrons. The Morgan fingerprint density at radius 2 is 2.36 bits per heavy atom. The number of aromatic nitrogens is 1. The Kier molecular flexibility index (Phi) is 2.87. The zero-order chi connectivity index (χ0) is 8.43. The summed E-state index contributed by atoms with van der Waals surface area (Å²) in [7, 11) is 0. The number of rotatable bonds is 2. The highest BCUT2D eigenvalue weighted by molar-refractivity contribution is 7.15. The van der Waals surface area contributed by atoms with E-state index in [4.69, 9.17) is 23.2 Å². The molecule has 0 saturated carbocycles. The van der Waals surface area contributed by atoms with E-state index in [2.05, 4.69) is 4.98 Å². The van der Waals surface area contributed by atoms with Gasteiger partial charge < -0.3 is 0 Å². The van der Waals surface area contributed by atoms with Gasteiger partial charge in [0, 0.05) is 0 Å². The monoisotopic (exact) mass is 209 g/mol. The van der Waals surface area contributed by atoms with Crippen molar-refractivity contribution in [3.63, 3.8) is 0 Å². The Bertz CT molecular complexity index is 284. The highest BCUT2D eigenvalue weighted by Gasteiger charge is 2.12. The predicted molar refractivity (Wildman–Crippen MR) is 46.6 cm³/mol. The van der Waals surface area contributed by atoms with Crippen LogP contribution in [0.15, 0.2) is 0 Å². The number of carbonyl (C=O) groups excluding carboxylic acids is 1. The van der Waals surface area contributed by atoms with E-state index in [0.717, 1.165) is 5.01 Å². The largest absolute Gasteiger partial charge is 0.275 e. The van der Waals surface area contributed by atoms with Crippen LogP contribution in [0.5, 0.6) is 0 Å². The van der Waals surface area contributed by atoms with Crippen LogP contribution >= 0.6 is 34.5 Å². The maximum Gasteiger partial charge on any atom is 0.264 e. The maximum atomic E-state index is 10.7. The Balaban J connectivity index is 3.12. The number of aryl methyl sites for hydroxylation is 1. The lowest BCUT2D eigenvalue weighted by molar-refractivity contribution is 0.108. The number of thiazole rings is 1. The molecule has 0 aliphatic rings. The van der Waals surface area contributed by atoms with Crippen molar-refractivity contribution in [3.8, 4) is 0 Å². The average Bonchev–Trinajstić information content (AvgIpc) is 2.30. The molecule has 1 rings (SSSR count). The highest BCUT2D eigenvalue weighted by Crippen LogP contribution is 2.21. The zero-order valence-corrected chi connectivity index (χ0v) is 8.06. The van der Waals surface area contributed by atoms with Gasteiger partial charge in [-0.1, -0.05) is 0 Å². The molecular formula is C6H5Cl2NOS. The second kappa shape index (κ2) is 3.52. The molecule has 60 valence electrons. The molecule has 1 aromatic heterocycles. The van der Waals surface area contributed by atoms with Gasteiger partial charge in [-0.15, -0.1) is 22.9 Å². The molecule has 0 aromatic carbocycles. The number of nitrogens with zero attached hydrogens (tertiary/aromatic N) is 1. The molecule has 0 unspecified atom stereocenters. The summed E-state index contributed by atoms with van der Waals surface area (Å²) >= 11 is 12.1. The molecule has 0 fully saturated rings. The van der Waals surface area contributed by atoms with Crippen molar-refractivity contribution < 1.29 is 4.79 Å². The number of hydrogen-bond acceptors (Lipinski definition) is 3. The van der Waals surface area contributed by atoms with Crippen LogP contribution in [0.1, 0.15) is 20.4 Å². The van der Waals surface area contributed by atoms with E-state index < -0.39 is 5.24 Å². The van der Waals surface area contributed by atoms with Gasteiger partial charge >= 0.3 is 0 Å². The van der Waals surface area contributed by atoms with Gasteiger partial charge in [0.05, 0.1) is 16.6 Å².